The molecule has 0 fully saturated rings. The monoisotopic (exact) mass is 395 g/mol. The number of hydrogen-bond acceptors (Lipinski definition) is 7. The van der Waals surface area contributed by atoms with Crippen molar-refractivity contribution in [2.45, 2.75) is 13.0 Å². The maximum absolute atomic E-state index is 5.75. The number of fused-ring (bicyclic) bond motifs is 2. The molecule has 29 heavy (non-hydrogen) atoms. The Morgan fingerprint density at radius 2 is 1.79 bits per heavy atom. The van der Waals surface area contributed by atoms with Crippen molar-refractivity contribution in [2.75, 3.05) is 46.0 Å². The number of aromatic nitrogens is 2. The first kappa shape index (κ1) is 19.3. The first-order valence-electron chi connectivity index (χ1n) is 9.59. The van der Waals surface area contributed by atoms with Gasteiger partial charge in [-0.1, -0.05) is 6.07 Å². The molecule has 0 bridgehead atoms. The van der Waals surface area contributed by atoms with Crippen LogP contribution in [-0.2, 0) is 17.7 Å². The fourth-order valence-corrected chi connectivity index (χ4v) is 3.69. The summed E-state index contributed by atoms with van der Waals surface area (Å²) in [6, 6.07) is 10.1. The van der Waals surface area contributed by atoms with Crippen LogP contribution >= 0.6 is 0 Å². The normalized spacial score (nSPS) is 13.3. The van der Waals surface area contributed by atoms with Gasteiger partial charge >= 0.3 is 0 Å². The molecule has 0 aliphatic carbocycles. The Labute approximate surface area is 170 Å². The fraction of sp³-hybridized carbons (Fsp3) is 0.364. The maximum atomic E-state index is 5.75. The van der Waals surface area contributed by atoms with Gasteiger partial charge in [-0.15, -0.1) is 0 Å². The molecule has 0 saturated carbocycles. The van der Waals surface area contributed by atoms with Crippen LogP contribution in [0.3, 0.4) is 0 Å². The van der Waals surface area contributed by atoms with Crippen molar-refractivity contribution < 1.29 is 18.9 Å². The molecule has 152 valence electrons. The predicted molar refractivity (Wildman–Crippen MR) is 111 cm³/mol. The molecule has 4 rings (SSSR count). The largest absolute Gasteiger partial charge is 0.493 e. The number of anilines is 1. The lowest BCUT2D eigenvalue weighted by Crippen LogP contribution is -2.30. The summed E-state index contributed by atoms with van der Waals surface area (Å²) < 4.78 is 21.7. The van der Waals surface area contributed by atoms with Crippen molar-refractivity contribution in [1.29, 1.82) is 0 Å². The molecule has 0 atom stereocenters. The van der Waals surface area contributed by atoms with E-state index in [1.165, 1.54) is 11.1 Å². The van der Waals surface area contributed by atoms with Gasteiger partial charge in [-0.25, -0.2) is 0 Å². The number of ether oxygens (including phenoxy) is 4. The Morgan fingerprint density at radius 1 is 0.966 bits per heavy atom. The first-order valence-corrected chi connectivity index (χ1v) is 9.59. The Balaban J connectivity index is 1.61. The molecular weight excluding hydrogens is 370 g/mol. The van der Waals surface area contributed by atoms with E-state index in [0.717, 1.165) is 41.9 Å². The number of hydrogen-bond donors (Lipinski definition) is 0. The molecule has 7 heteroatoms. The highest BCUT2D eigenvalue weighted by atomic mass is 16.5. The van der Waals surface area contributed by atoms with E-state index >= 15 is 0 Å². The SMILES string of the molecule is COCCOc1ccc2c(c1)CCN(c1cnnc3cc(OC)c(OC)cc13)C2. The summed E-state index contributed by atoms with van der Waals surface area (Å²) in [5.74, 6) is 2.23. The molecule has 7 nitrogen and oxygen atoms in total. The van der Waals surface area contributed by atoms with E-state index in [2.05, 4.69) is 27.2 Å². The Hall–Kier alpha value is -3.06. The Morgan fingerprint density at radius 3 is 2.59 bits per heavy atom. The van der Waals surface area contributed by atoms with Gasteiger partial charge in [-0.3, -0.25) is 0 Å². The van der Waals surface area contributed by atoms with Crippen molar-refractivity contribution in [1.82, 2.24) is 10.2 Å². The van der Waals surface area contributed by atoms with Gasteiger partial charge in [-0.2, -0.15) is 10.2 Å². The number of rotatable bonds is 7. The van der Waals surface area contributed by atoms with Crippen LogP contribution in [0, 0.1) is 0 Å². The third kappa shape index (κ3) is 3.91. The number of benzene rings is 2. The lowest BCUT2D eigenvalue weighted by Gasteiger charge is -2.31. The summed E-state index contributed by atoms with van der Waals surface area (Å²) in [5.41, 5.74) is 4.44. The van der Waals surface area contributed by atoms with Crippen LogP contribution in [-0.4, -0.2) is 51.3 Å². The van der Waals surface area contributed by atoms with E-state index in [-0.39, 0.29) is 0 Å². The molecular formula is C22H25N3O4. The zero-order valence-electron chi connectivity index (χ0n) is 17.0. The van der Waals surface area contributed by atoms with Crippen molar-refractivity contribution >= 4 is 16.6 Å². The summed E-state index contributed by atoms with van der Waals surface area (Å²) in [4.78, 5) is 2.33. The fourth-order valence-electron chi connectivity index (χ4n) is 3.69. The van der Waals surface area contributed by atoms with E-state index in [1.807, 2.05) is 24.4 Å². The van der Waals surface area contributed by atoms with Crippen LogP contribution < -0.4 is 19.1 Å². The number of nitrogens with zero attached hydrogens (tertiary/aromatic N) is 3. The second-order valence-corrected chi connectivity index (χ2v) is 6.90. The third-order valence-electron chi connectivity index (χ3n) is 5.21. The van der Waals surface area contributed by atoms with Crippen LogP contribution in [0.15, 0.2) is 36.5 Å². The van der Waals surface area contributed by atoms with Crippen LogP contribution in [0.5, 0.6) is 17.2 Å². The molecule has 0 amide bonds. The van der Waals surface area contributed by atoms with Gasteiger partial charge in [0.15, 0.2) is 11.5 Å². The summed E-state index contributed by atoms with van der Waals surface area (Å²) in [7, 11) is 4.94. The second-order valence-electron chi connectivity index (χ2n) is 6.90. The third-order valence-corrected chi connectivity index (χ3v) is 5.21. The van der Waals surface area contributed by atoms with E-state index in [9.17, 15) is 0 Å². The summed E-state index contributed by atoms with van der Waals surface area (Å²) >= 11 is 0. The summed E-state index contributed by atoms with van der Waals surface area (Å²) in [6.45, 7) is 2.84. The molecule has 0 unspecified atom stereocenters. The van der Waals surface area contributed by atoms with Crippen molar-refractivity contribution in [3.63, 3.8) is 0 Å². The highest BCUT2D eigenvalue weighted by molar-refractivity contribution is 5.93. The van der Waals surface area contributed by atoms with Gasteiger partial charge in [0.05, 0.1) is 38.2 Å². The van der Waals surface area contributed by atoms with Gasteiger partial charge in [0, 0.05) is 31.7 Å². The molecule has 0 N–H and O–H groups in total. The molecule has 0 saturated heterocycles. The highest BCUT2D eigenvalue weighted by Crippen LogP contribution is 2.36. The minimum absolute atomic E-state index is 0.557. The van der Waals surface area contributed by atoms with E-state index in [0.29, 0.717) is 24.7 Å². The van der Waals surface area contributed by atoms with E-state index < -0.39 is 0 Å². The van der Waals surface area contributed by atoms with Crippen molar-refractivity contribution in [2.24, 2.45) is 0 Å². The van der Waals surface area contributed by atoms with Crippen molar-refractivity contribution in [3.8, 4) is 17.2 Å². The van der Waals surface area contributed by atoms with Crippen LogP contribution in [0.25, 0.3) is 10.9 Å². The summed E-state index contributed by atoms with van der Waals surface area (Å²) in [5, 5.41) is 9.48. The van der Waals surface area contributed by atoms with Gasteiger partial charge in [0.1, 0.15) is 12.4 Å². The average molecular weight is 395 g/mol. The maximum Gasteiger partial charge on any atom is 0.162 e. The summed E-state index contributed by atoms with van der Waals surface area (Å²) in [6.07, 6.45) is 2.76. The van der Waals surface area contributed by atoms with Gasteiger partial charge in [0.25, 0.3) is 0 Å². The van der Waals surface area contributed by atoms with Gasteiger partial charge in [-0.05, 0) is 35.7 Å². The quantitative estimate of drug-likeness (QED) is 0.569. The smallest absolute Gasteiger partial charge is 0.162 e. The molecule has 2 heterocycles. The lowest BCUT2D eigenvalue weighted by molar-refractivity contribution is 0.146. The zero-order chi connectivity index (χ0) is 20.2. The predicted octanol–water partition coefficient (Wildman–Crippen LogP) is 3.23. The standard InChI is InChI=1S/C22H25N3O4/c1-26-8-9-29-17-5-4-16-14-25(7-6-15(16)10-17)20-13-23-24-19-12-22(28-3)21(27-2)11-18(19)20/h4-5,10-13H,6-9,14H2,1-3H3. The van der Waals surface area contributed by atoms with Crippen molar-refractivity contribution in [3.05, 3.63) is 47.7 Å². The van der Waals surface area contributed by atoms with Gasteiger partial charge < -0.3 is 23.8 Å². The molecule has 0 spiro atoms. The average Bonchev–Trinajstić information content (AvgIpc) is 2.77. The molecule has 0 radical (unpaired) electrons. The molecule has 1 aliphatic rings. The first-order chi connectivity index (χ1) is 14.2. The van der Waals surface area contributed by atoms with E-state index in [4.69, 9.17) is 18.9 Å². The lowest BCUT2D eigenvalue weighted by atomic mass is 9.98. The highest BCUT2D eigenvalue weighted by Gasteiger charge is 2.20. The van der Waals surface area contributed by atoms with Gasteiger partial charge in [0.2, 0.25) is 0 Å². The molecule has 1 aliphatic heterocycles. The van der Waals surface area contributed by atoms with E-state index in [1.54, 1.807) is 21.3 Å². The Kier molecular flexibility index (Phi) is 5.67. The van der Waals surface area contributed by atoms with Crippen LogP contribution in [0.1, 0.15) is 11.1 Å². The Bertz CT molecular complexity index is 1010. The van der Waals surface area contributed by atoms with Crippen LogP contribution in [0.4, 0.5) is 5.69 Å². The minimum atomic E-state index is 0.557. The molecule has 3 aromatic rings. The molecule has 2 aromatic carbocycles. The van der Waals surface area contributed by atoms with Crippen LogP contribution in [0.2, 0.25) is 0 Å². The second kappa shape index (κ2) is 8.53. The zero-order valence-corrected chi connectivity index (χ0v) is 17.0. The number of methoxy groups -OCH3 is 3. The molecule has 1 aromatic heterocycles. The topological polar surface area (TPSA) is 65.9 Å². The minimum Gasteiger partial charge on any atom is -0.493 e.